The zero-order valence-electron chi connectivity index (χ0n) is 21.9. The molecule has 0 amide bonds. The molecule has 6 nitrogen and oxygen atoms in total. The largest absolute Gasteiger partial charge is 0.407 e. The molecule has 1 saturated carbocycles. The van der Waals surface area contributed by atoms with E-state index in [1.54, 1.807) is 6.33 Å². The molecule has 0 saturated heterocycles. The van der Waals surface area contributed by atoms with Crippen molar-refractivity contribution in [3.05, 3.63) is 84.9 Å². The minimum atomic E-state index is -2.50. The molecule has 2 aromatic carbocycles. The van der Waals surface area contributed by atoms with Gasteiger partial charge in [0.1, 0.15) is 17.5 Å². The molecule has 0 spiro atoms. The van der Waals surface area contributed by atoms with Crippen molar-refractivity contribution in [2.75, 3.05) is 6.61 Å². The summed E-state index contributed by atoms with van der Waals surface area (Å²) in [5.74, 6) is 0.968. The molecule has 0 aliphatic heterocycles. The highest BCUT2D eigenvalue weighted by molar-refractivity contribution is 6.99. The maximum absolute atomic E-state index is 7.24. The molecule has 0 atom stereocenters. The van der Waals surface area contributed by atoms with Gasteiger partial charge in [0.15, 0.2) is 0 Å². The topological polar surface area (TPSA) is 68.1 Å². The van der Waals surface area contributed by atoms with E-state index in [1.807, 2.05) is 10.7 Å². The second-order valence-corrected chi connectivity index (χ2v) is 15.8. The van der Waals surface area contributed by atoms with Crippen LogP contribution in [0.3, 0.4) is 0 Å². The molecule has 6 rings (SSSR count). The molecule has 1 aliphatic rings. The molecule has 0 radical (unpaired) electrons. The van der Waals surface area contributed by atoms with Crippen LogP contribution in [0.1, 0.15) is 58.1 Å². The summed E-state index contributed by atoms with van der Waals surface area (Å²) >= 11 is 0. The highest BCUT2D eigenvalue weighted by Crippen LogP contribution is 2.40. The molecule has 1 aliphatic carbocycles. The summed E-state index contributed by atoms with van der Waals surface area (Å²) < 4.78 is 9.07. The smallest absolute Gasteiger partial charge is 0.261 e. The van der Waals surface area contributed by atoms with Crippen LogP contribution in [0.15, 0.2) is 79.3 Å². The average Bonchev–Trinajstić information content (AvgIpc) is 3.57. The normalized spacial score (nSPS) is 19.0. The van der Waals surface area contributed by atoms with Crippen LogP contribution in [0, 0.1) is 5.92 Å². The van der Waals surface area contributed by atoms with Gasteiger partial charge < -0.3 is 9.41 Å². The standard InChI is InChI=1S/C30H35N5OSi/c1-30(2,3)37(24-10-6-4-7-11-24,25-12-8-5-9-13-25)36-20-22-14-16-23(17-15-22)27-28-26-18-19-31-29(26)32-21-35(28)34-33-27/h4-13,18-19,21-23,31H,14-17,20H2,1-3H3. The predicted octanol–water partition coefficient (Wildman–Crippen LogP) is 5.46. The van der Waals surface area contributed by atoms with Crippen molar-refractivity contribution in [1.82, 2.24) is 24.8 Å². The van der Waals surface area contributed by atoms with E-state index in [2.05, 4.69) is 108 Å². The summed E-state index contributed by atoms with van der Waals surface area (Å²) in [6, 6.07) is 24.0. The quantitative estimate of drug-likeness (QED) is 0.309. The summed E-state index contributed by atoms with van der Waals surface area (Å²) in [7, 11) is -2.50. The lowest BCUT2D eigenvalue weighted by molar-refractivity contribution is 0.190. The molecule has 3 aromatic heterocycles. The Labute approximate surface area is 219 Å². The molecule has 190 valence electrons. The fourth-order valence-electron chi connectivity index (χ4n) is 6.30. The van der Waals surface area contributed by atoms with E-state index in [1.165, 1.54) is 10.4 Å². The van der Waals surface area contributed by atoms with E-state index in [0.29, 0.717) is 11.8 Å². The van der Waals surface area contributed by atoms with Gasteiger partial charge in [0.25, 0.3) is 8.32 Å². The zero-order chi connectivity index (χ0) is 25.5. The van der Waals surface area contributed by atoms with Crippen LogP contribution in [0.5, 0.6) is 0 Å². The molecule has 37 heavy (non-hydrogen) atoms. The lowest BCUT2D eigenvalue weighted by atomic mass is 9.80. The van der Waals surface area contributed by atoms with Crippen molar-refractivity contribution in [2.45, 2.75) is 57.4 Å². The fraction of sp³-hybridized carbons (Fsp3) is 0.367. The lowest BCUT2D eigenvalue weighted by Gasteiger charge is -2.44. The van der Waals surface area contributed by atoms with Gasteiger partial charge in [-0.15, -0.1) is 5.10 Å². The zero-order valence-corrected chi connectivity index (χ0v) is 22.9. The van der Waals surface area contributed by atoms with Crippen LogP contribution in [0.2, 0.25) is 5.04 Å². The molecular formula is C30H35N5OSi. The maximum atomic E-state index is 7.24. The maximum Gasteiger partial charge on any atom is 0.261 e. The Morgan fingerprint density at radius 1 is 0.919 bits per heavy atom. The molecular weight excluding hydrogens is 474 g/mol. The van der Waals surface area contributed by atoms with Gasteiger partial charge in [0, 0.05) is 24.1 Å². The Hall–Kier alpha value is -3.29. The molecule has 0 unspecified atom stereocenters. The van der Waals surface area contributed by atoms with Crippen molar-refractivity contribution in [2.24, 2.45) is 5.92 Å². The van der Waals surface area contributed by atoms with Gasteiger partial charge >= 0.3 is 0 Å². The first-order valence-electron chi connectivity index (χ1n) is 13.4. The SMILES string of the molecule is CC(C)(C)[Si](OCC1CCC(c2nnn3cnc4[nH]ccc4c23)CC1)(c1ccccc1)c1ccccc1. The first-order chi connectivity index (χ1) is 18.0. The van der Waals surface area contributed by atoms with Gasteiger partial charge in [-0.1, -0.05) is 86.6 Å². The Balaban J connectivity index is 1.23. The van der Waals surface area contributed by atoms with Gasteiger partial charge in [-0.25, -0.2) is 9.50 Å². The number of rotatable bonds is 6. The van der Waals surface area contributed by atoms with Crippen LogP contribution in [-0.2, 0) is 4.43 Å². The monoisotopic (exact) mass is 509 g/mol. The third kappa shape index (κ3) is 4.20. The number of nitrogens with zero attached hydrogens (tertiary/aromatic N) is 4. The van der Waals surface area contributed by atoms with Crippen molar-refractivity contribution in [3.8, 4) is 0 Å². The number of aromatic amines is 1. The van der Waals surface area contributed by atoms with Crippen molar-refractivity contribution < 1.29 is 4.43 Å². The number of hydrogen-bond acceptors (Lipinski definition) is 4. The van der Waals surface area contributed by atoms with Crippen LogP contribution >= 0.6 is 0 Å². The minimum Gasteiger partial charge on any atom is -0.407 e. The molecule has 0 bridgehead atoms. The second-order valence-electron chi connectivity index (χ2n) is 11.4. The summed E-state index contributed by atoms with van der Waals surface area (Å²) in [5, 5.41) is 12.8. The molecule has 3 heterocycles. The highest BCUT2D eigenvalue weighted by atomic mass is 28.4. The van der Waals surface area contributed by atoms with Crippen molar-refractivity contribution >= 4 is 35.2 Å². The van der Waals surface area contributed by atoms with Gasteiger partial charge in [0.05, 0.1) is 5.69 Å². The van der Waals surface area contributed by atoms with E-state index < -0.39 is 8.32 Å². The predicted molar refractivity (Wildman–Crippen MR) is 151 cm³/mol. The summed E-state index contributed by atoms with van der Waals surface area (Å²) in [6.07, 6.45) is 8.20. The third-order valence-electron chi connectivity index (χ3n) is 8.18. The number of aromatic nitrogens is 5. The van der Waals surface area contributed by atoms with Gasteiger partial charge in [-0.05, 0) is 53.1 Å². The lowest BCUT2D eigenvalue weighted by Crippen LogP contribution is -2.66. The Kier molecular flexibility index (Phi) is 6.21. The Morgan fingerprint density at radius 3 is 2.19 bits per heavy atom. The minimum absolute atomic E-state index is 0.00386. The summed E-state index contributed by atoms with van der Waals surface area (Å²) in [5.41, 5.74) is 3.10. The van der Waals surface area contributed by atoms with Gasteiger partial charge in [-0.3, -0.25) is 0 Å². The van der Waals surface area contributed by atoms with Crippen LogP contribution < -0.4 is 10.4 Å². The molecule has 1 N–H and O–H groups in total. The second kappa shape index (κ2) is 9.54. The number of nitrogens with one attached hydrogen (secondary N) is 1. The number of hydrogen-bond donors (Lipinski definition) is 1. The van der Waals surface area contributed by atoms with E-state index in [4.69, 9.17) is 4.43 Å². The first-order valence-corrected chi connectivity index (χ1v) is 15.3. The molecule has 7 heteroatoms. The first kappa shape index (κ1) is 24.1. The average molecular weight is 510 g/mol. The number of benzene rings is 2. The van der Waals surface area contributed by atoms with Gasteiger partial charge in [-0.2, -0.15) is 0 Å². The fourth-order valence-corrected chi connectivity index (χ4v) is 10.9. The van der Waals surface area contributed by atoms with E-state index in [0.717, 1.165) is 54.5 Å². The van der Waals surface area contributed by atoms with Crippen molar-refractivity contribution in [1.29, 1.82) is 0 Å². The third-order valence-corrected chi connectivity index (χ3v) is 13.2. The van der Waals surface area contributed by atoms with Crippen molar-refractivity contribution in [3.63, 3.8) is 0 Å². The number of fused-ring (bicyclic) bond motifs is 3. The van der Waals surface area contributed by atoms with Gasteiger partial charge in [0.2, 0.25) is 0 Å². The number of H-pyrrole nitrogens is 1. The highest BCUT2D eigenvalue weighted by Gasteiger charge is 2.50. The van der Waals surface area contributed by atoms with Crippen LogP contribution in [0.25, 0.3) is 16.6 Å². The Bertz CT molecular complexity index is 1440. The summed E-state index contributed by atoms with van der Waals surface area (Å²) in [4.78, 5) is 7.66. The molecule has 5 aromatic rings. The Morgan fingerprint density at radius 2 is 1.57 bits per heavy atom. The van der Waals surface area contributed by atoms with Crippen LogP contribution in [-0.4, -0.2) is 39.7 Å². The van der Waals surface area contributed by atoms with E-state index in [-0.39, 0.29) is 5.04 Å². The van der Waals surface area contributed by atoms with E-state index >= 15 is 0 Å². The van der Waals surface area contributed by atoms with E-state index in [9.17, 15) is 0 Å². The van der Waals surface area contributed by atoms with Crippen LogP contribution in [0.4, 0.5) is 0 Å². The molecule has 1 fully saturated rings. The summed E-state index contributed by atoms with van der Waals surface area (Å²) in [6.45, 7) is 7.85.